The highest BCUT2D eigenvalue weighted by molar-refractivity contribution is 5.93. The van der Waals surface area contributed by atoms with E-state index in [-0.39, 0.29) is 25.2 Å². The molecule has 2 amide bonds. The highest BCUT2D eigenvalue weighted by Crippen LogP contribution is 2.29. The van der Waals surface area contributed by atoms with Crippen molar-refractivity contribution in [2.24, 2.45) is 0 Å². The normalized spacial score (nSPS) is 23.1. The average molecular weight is 462 g/mol. The highest BCUT2D eigenvalue weighted by Gasteiger charge is 2.50. The third-order valence-electron chi connectivity index (χ3n) is 5.49. The van der Waals surface area contributed by atoms with Crippen LogP contribution in [0.15, 0.2) is 73.3 Å². The number of anilines is 1. The van der Waals surface area contributed by atoms with Crippen LogP contribution >= 0.6 is 0 Å². The molecule has 3 aromatic rings. The lowest BCUT2D eigenvalue weighted by atomic mass is 10.1. The molecule has 0 bridgehead atoms. The molecular formula is C24H22N4O6. The first-order valence-corrected chi connectivity index (χ1v) is 10.8. The quantitative estimate of drug-likeness (QED) is 0.574. The third-order valence-corrected chi connectivity index (χ3v) is 5.49. The number of rotatable bonds is 6. The number of hydrogen-bond acceptors (Lipinski definition) is 8. The van der Waals surface area contributed by atoms with Gasteiger partial charge in [0.05, 0.1) is 24.8 Å². The monoisotopic (exact) mass is 462 g/mol. The van der Waals surface area contributed by atoms with Crippen molar-refractivity contribution in [2.45, 2.75) is 24.4 Å². The number of amides is 2. The molecule has 2 saturated heterocycles. The molecule has 174 valence electrons. The number of carbonyl (C=O) groups is 2. The standard InChI is InChI=1S/C24H22N4O6/c29-23(15-10-25-14-26-11-15)28-19-12-31-22-20(13-32-21(19)22)34-24(30)27-16-6-8-18(9-7-16)33-17-4-2-1-3-5-17/h1-11,14,19-22H,12-13H2,(H,27,30)(H,28,29). The van der Waals surface area contributed by atoms with Gasteiger partial charge in [-0.05, 0) is 36.4 Å². The second-order valence-electron chi connectivity index (χ2n) is 7.81. The largest absolute Gasteiger partial charge is 0.457 e. The summed E-state index contributed by atoms with van der Waals surface area (Å²) >= 11 is 0. The van der Waals surface area contributed by atoms with Gasteiger partial charge in [0, 0.05) is 18.1 Å². The Morgan fingerprint density at radius 1 is 0.882 bits per heavy atom. The molecule has 3 heterocycles. The van der Waals surface area contributed by atoms with E-state index in [1.807, 2.05) is 30.3 Å². The van der Waals surface area contributed by atoms with E-state index in [1.165, 1.54) is 18.7 Å². The Morgan fingerprint density at radius 3 is 2.35 bits per heavy atom. The summed E-state index contributed by atoms with van der Waals surface area (Å²) in [5.41, 5.74) is 0.903. The maximum Gasteiger partial charge on any atom is 0.412 e. The number of fused-ring (bicyclic) bond motifs is 1. The predicted molar refractivity (Wildman–Crippen MR) is 120 cm³/mol. The second-order valence-corrected chi connectivity index (χ2v) is 7.81. The van der Waals surface area contributed by atoms with Crippen LogP contribution in [0.3, 0.4) is 0 Å². The second kappa shape index (κ2) is 9.86. The number of hydrogen-bond donors (Lipinski definition) is 2. The van der Waals surface area contributed by atoms with Crippen molar-refractivity contribution in [3.05, 3.63) is 78.9 Å². The predicted octanol–water partition coefficient (Wildman–Crippen LogP) is 2.78. The summed E-state index contributed by atoms with van der Waals surface area (Å²) in [4.78, 5) is 32.5. The summed E-state index contributed by atoms with van der Waals surface area (Å²) in [5.74, 6) is 1.05. The molecular weight excluding hydrogens is 440 g/mol. The van der Waals surface area contributed by atoms with Crippen LogP contribution in [0, 0.1) is 0 Å². The Labute approximate surface area is 195 Å². The lowest BCUT2D eigenvalue weighted by molar-refractivity contribution is 0.00861. The molecule has 0 spiro atoms. The Morgan fingerprint density at radius 2 is 1.59 bits per heavy atom. The maximum atomic E-state index is 12.4. The van der Waals surface area contributed by atoms with Crippen molar-refractivity contribution in [2.75, 3.05) is 18.5 Å². The van der Waals surface area contributed by atoms with Gasteiger partial charge in [0.1, 0.15) is 30.0 Å². The number of benzene rings is 2. The minimum Gasteiger partial charge on any atom is -0.457 e. The number of aromatic nitrogens is 2. The molecule has 10 nitrogen and oxygen atoms in total. The van der Waals surface area contributed by atoms with Gasteiger partial charge in [-0.1, -0.05) is 18.2 Å². The van der Waals surface area contributed by atoms with Gasteiger partial charge in [-0.2, -0.15) is 0 Å². The summed E-state index contributed by atoms with van der Waals surface area (Å²) < 4.78 is 22.8. The molecule has 2 fully saturated rings. The molecule has 2 aromatic carbocycles. The smallest absolute Gasteiger partial charge is 0.412 e. The zero-order valence-corrected chi connectivity index (χ0v) is 18.0. The zero-order chi connectivity index (χ0) is 23.3. The van der Waals surface area contributed by atoms with Crippen LogP contribution in [0.1, 0.15) is 10.4 Å². The topological polar surface area (TPSA) is 121 Å². The first-order chi connectivity index (χ1) is 16.7. The van der Waals surface area contributed by atoms with Crippen molar-refractivity contribution in [3.63, 3.8) is 0 Å². The molecule has 5 rings (SSSR count). The molecule has 4 unspecified atom stereocenters. The van der Waals surface area contributed by atoms with Crippen LogP contribution in [-0.4, -0.2) is 59.5 Å². The zero-order valence-electron chi connectivity index (χ0n) is 18.0. The van der Waals surface area contributed by atoms with E-state index in [1.54, 1.807) is 24.3 Å². The lowest BCUT2D eigenvalue weighted by Gasteiger charge is -2.18. The van der Waals surface area contributed by atoms with E-state index in [2.05, 4.69) is 20.6 Å². The first-order valence-electron chi connectivity index (χ1n) is 10.8. The fourth-order valence-corrected chi connectivity index (χ4v) is 3.87. The van der Waals surface area contributed by atoms with E-state index < -0.39 is 24.4 Å². The average Bonchev–Trinajstić information content (AvgIpc) is 3.45. The number of ether oxygens (including phenoxy) is 4. The van der Waals surface area contributed by atoms with Crippen LogP contribution in [0.2, 0.25) is 0 Å². The molecule has 10 heteroatoms. The lowest BCUT2D eigenvalue weighted by Crippen LogP contribution is -2.44. The molecule has 2 aliphatic heterocycles. The molecule has 0 radical (unpaired) electrons. The minimum absolute atomic E-state index is 0.174. The van der Waals surface area contributed by atoms with Crippen LogP contribution in [0.4, 0.5) is 10.5 Å². The number of para-hydroxylation sites is 1. The summed E-state index contributed by atoms with van der Waals surface area (Å²) in [6.45, 7) is 0.423. The van der Waals surface area contributed by atoms with E-state index in [9.17, 15) is 9.59 Å². The van der Waals surface area contributed by atoms with Gasteiger partial charge in [-0.25, -0.2) is 14.8 Å². The Balaban J connectivity index is 1.12. The summed E-state index contributed by atoms with van der Waals surface area (Å²) in [7, 11) is 0. The van der Waals surface area contributed by atoms with E-state index in [0.29, 0.717) is 17.0 Å². The molecule has 1 aromatic heterocycles. The summed E-state index contributed by atoms with van der Waals surface area (Å²) in [6, 6.07) is 16.0. The van der Waals surface area contributed by atoms with Crippen molar-refractivity contribution < 1.29 is 28.5 Å². The fourth-order valence-electron chi connectivity index (χ4n) is 3.87. The van der Waals surface area contributed by atoms with E-state index in [4.69, 9.17) is 18.9 Å². The Bertz CT molecular complexity index is 1130. The van der Waals surface area contributed by atoms with E-state index in [0.717, 1.165) is 5.75 Å². The van der Waals surface area contributed by atoms with E-state index >= 15 is 0 Å². The maximum absolute atomic E-state index is 12.4. The fraction of sp³-hybridized carbons (Fsp3) is 0.250. The van der Waals surface area contributed by atoms with Crippen LogP contribution in [-0.2, 0) is 14.2 Å². The number of carbonyl (C=O) groups excluding carboxylic acids is 2. The molecule has 34 heavy (non-hydrogen) atoms. The summed E-state index contributed by atoms with van der Waals surface area (Å²) in [6.07, 6.45) is 2.12. The van der Waals surface area contributed by atoms with Crippen LogP contribution < -0.4 is 15.4 Å². The van der Waals surface area contributed by atoms with Gasteiger partial charge in [0.25, 0.3) is 5.91 Å². The van der Waals surface area contributed by atoms with Crippen LogP contribution in [0.5, 0.6) is 11.5 Å². The Hall–Kier alpha value is -4.02. The van der Waals surface area contributed by atoms with Crippen molar-refractivity contribution in [1.82, 2.24) is 15.3 Å². The highest BCUT2D eigenvalue weighted by atomic mass is 16.6. The number of nitrogens with zero attached hydrogens (tertiary/aromatic N) is 2. The van der Waals surface area contributed by atoms with Gasteiger partial charge in [0.2, 0.25) is 0 Å². The van der Waals surface area contributed by atoms with Gasteiger partial charge >= 0.3 is 6.09 Å². The van der Waals surface area contributed by atoms with Crippen molar-refractivity contribution in [1.29, 1.82) is 0 Å². The van der Waals surface area contributed by atoms with Gasteiger partial charge in [-0.3, -0.25) is 10.1 Å². The minimum atomic E-state index is -0.622. The third kappa shape index (κ3) is 4.98. The van der Waals surface area contributed by atoms with Gasteiger partial charge in [-0.15, -0.1) is 0 Å². The van der Waals surface area contributed by atoms with Gasteiger partial charge < -0.3 is 24.3 Å². The van der Waals surface area contributed by atoms with Crippen molar-refractivity contribution in [3.8, 4) is 11.5 Å². The molecule has 2 N–H and O–H groups in total. The number of nitrogens with one attached hydrogen (secondary N) is 2. The van der Waals surface area contributed by atoms with Crippen molar-refractivity contribution >= 4 is 17.7 Å². The molecule has 0 saturated carbocycles. The SMILES string of the molecule is O=C(Nc1ccc(Oc2ccccc2)cc1)OC1COC2C(NC(=O)c3cncnc3)COC12. The first kappa shape index (κ1) is 21.8. The van der Waals surface area contributed by atoms with Gasteiger partial charge in [0.15, 0.2) is 6.10 Å². The molecule has 2 aliphatic rings. The molecule has 4 atom stereocenters. The molecule has 0 aliphatic carbocycles. The summed E-state index contributed by atoms with van der Waals surface area (Å²) in [5, 5.41) is 5.56. The Kier molecular flexibility index (Phi) is 6.32. The van der Waals surface area contributed by atoms with Crippen LogP contribution in [0.25, 0.3) is 0 Å².